The quantitative estimate of drug-likeness (QED) is 0.627. The summed E-state index contributed by atoms with van der Waals surface area (Å²) in [6.45, 7) is 4.76. The van der Waals surface area contributed by atoms with Gasteiger partial charge in [-0.25, -0.2) is 8.42 Å². The molecular formula is C22H29N3O4S. The Hall–Kier alpha value is -2.87. The maximum absolute atomic E-state index is 13.0. The van der Waals surface area contributed by atoms with Crippen LogP contribution in [0.25, 0.3) is 0 Å². The number of sulfonamides is 1. The summed E-state index contributed by atoms with van der Waals surface area (Å²) in [5.74, 6) is -0.603. The number of carbonyl (C=O) groups is 2. The van der Waals surface area contributed by atoms with Crippen molar-refractivity contribution < 1.29 is 18.0 Å². The van der Waals surface area contributed by atoms with Crippen LogP contribution < -0.4 is 9.62 Å². The Morgan fingerprint density at radius 2 is 1.67 bits per heavy atom. The third-order valence-electron chi connectivity index (χ3n) is 4.55. The number of hydrogen-bond acceptors (Lipinski definition) is 4. The smallest absolute Gasteiger partial charge is 0.264 e. The van der Waals surface area contributed by atoms with Gasteiger partial charge in [-0.2, -0.15) is 0 Å². The molecule has 2 aromatic carbocycles. The van der Waals surface area contributed by atoms with E-state index in [1.165, 1.54) is 28.4 Å². The van der Waals surface area contributed by atoms with Gasteiger partial charge in [0, 0.05) is 25.7 Å². The van der Waals surface area contributed by atoms with Crippen molar-refractivity contribution in [3.05, 3.63) is 60.2 Å². The minimum atomic E-state index is -3.84. The number of rotatable bonds is 10. The van der Waals surface area contributed by atoms with Crippen LogP contribution in [0.3, 0.4) is 0 Å². The van der Waals surface area contributed by atoms with Crippen molar-refractivity contribution in [1.29, 1.82) is 0 Å². The van der Waals surface area contributed by atoms with Crippen molar-refractivity contribution >= 4 is 27.5 Å². The third kappa shape index (κ3) is 5.82. The average Bonchev–Trinajstić information content (AvgIpc) is 2.77. The standard InChI is InChI=1S/C22H29N3O4S/c1-4-14-23-21(26)17-25(15-5-2)22(27)18-10-9-13-20(16-18)30(28,29)24(3)19-11-7-6-8-12-19/h6-13,16H,4-5,14-15,17H2,1-3H3,(H,23,26). The number of para-hydroxylation sites is 1. The molecule has 2 rings (SSSR count). The van der Waals surface area contributed by atoms with Crippen molar-refractivity contribution in [3.63, 3.8) is 0 Å². The molecule has 7 nitrogen and oxygen atoms in total. The molecular weight excluding hydrogens is 402 g/mol. The number of nitrogens with zero attached hydrogens (tertiary/aromatic N) is 2. The minimum Gasteiger partial charge on any atom is -0.355 e. The molecule has 162 valence electrons. The Labute approximate surface area is 178 Å². The number of amides is 2. The Kier molecular flexibility index (Phi) is 8.41. The van der Waals surface area contributed by atoms with Crippen LogP contribution in [0.15, 0.2) is 59.5 Å². The molecule has 0 heterocycles. The van der Waals surface area contributed by atoms with Gasteiger partial charge in [-0.1, -0.05) is 38.1 Å². The van der Waals surface area contributed by atoms with E-state index < -0.39 is 10.0 Å². The summed E-state index contributed by atoms with van der Waals surface area (Å²) in [4.78, 5) is 26.6. The summed E-state index contributed by atoms with van der Waals surface area (Å²) in [5, 5.41) is 2.76. The summed E-state index contributed by atoms with van der Waals surface area (Å²) >= 11 is 0. The van der Waals surface area contributed by atoms with E-state index in [9.17, 15) is 18.0 Å². The molecule has 1 N–H and O–H groups in total. The van der Waals surface area contributed by atoms with Crippen LogP contribution in [0, 0.1) is 0 Å². The molecule has 2 aromatic rings. The molecule has 0 bridgehead atoms. The van der Waals surface area contributed by atoms with Gasteiger partial charge in [-0.05, 0) is 43.2 Å². The number of anilines is 1. The van der Waals surface area contributed by atoms with Crippen LogP contribution in [-0.4, -0.2) is 51.8 Å². The molecule has 8 heteroatoms. The molecule has 2 amide bonds. The maximum atomic E-state index is 13.0. The zero-order valence-electron chi connectivity index (χ0n) is 17.7. The van der Waals surface area contributed by atoms with E-state index in [1.807, 2.05) is 19.9 Å². The highest BCUT2D eigenvalue weighted by Gasteiger charge is 2.24. The van der Waals surface area contributed by atoms with E-state index in [1.54, 1.807) is 36.4 Å². The van der Waals surface area contributed by atoms with Crippen molar-refractivity contribution in [3.8, 4) is 0 Å². The molecule has 0 atom stereocenters. The Morgan fingerprint density at radius 1 is 0.967 bits per heavy atom. The van der Waals surface area contributed by atoms with Gasteiger partial charge in [-0.15, -0.1) is 0 Å². The highest BCUT2D eigenvalue weighted by Crippen LogP contribution is 2.22. The first-order chi connectivity index (χ1) is 14.3. The molecule has 0 aliphatic rings. The molecule has 0 aliphatic heterocycles. The average molecular weight is 432 g/mol. The van der Waals surface area contributed by atoms with Gasteiger partial charge in [0.25, 0.3) is 15.9 Å². The van der Waals surface area contributed by atoms with Gasteiger partial charge in [0.2, 0.25) is 5.91 Å². The summed E-state index contributed by atoms with van der Waals surface area (Å²) in [6.07, 6.45) is 1.49. The second-order valence-electron chi connectivity index (χ2n) is 6.91. The van der Waals surface area contributed by atoms with Gasteiger partial charge in [0.05, 0.1) is 17.1 Å². The first-order valence-electron chi connectivity index (χ1n) is 10.0. The fourth-order valence-electron chi connectivity index (χ4n) is 2.92. The minimum absolute atomic E-state index is 0.0200. The van der Waals surface area contributed by atoms with Crippen molar-refractivity contribution in [1.82, 2.24) is 10.2 Å². The van der Waals surface area contributed by atoms with E-state index in [4.69, 9.17) is 0 Å². The van der Waals surface area contributed by atoms with Crippen LogP contribution in [0.2, 0.25) is 0 Å². The van der Waals surface area contributed by atoms with Gasteiger partial charge in [-0.3, -0.25) is 13.9 Å². The summed E-state index contributed by atoms with van der Waals surface area (Å²) in [7, 11) is -2.36. The first kappa shape index (κ1) is 23.4. The third-order valence-corrected chi connectivity index (χ3v) is 6.33. The fraction of sp³-hybridized carbons (Fsp3) is 0.364. The van der Waals surface area contributed by atoms with E-state index in [-0.39, 0.29) is 28.8 Å². The number of carbonyl (C=O) groups excluding carboxylic acids is 2. The van der Waals surface area contributed by atoms with Crippen molar-refractivity contribution in [2.75, 3.05) is 31.0 Å². The summed E-state index contributed by atoms with van der Waals surface area (Å²) in [5.41, 5.74) is 0.753. The largest absolute Gasteiger partial charge is 0.355 e. The zero-order valence-corrected chi connectivity index (χ0v) is 18.5. The van der Waals surface area contributed by atoms with Crippen LogP contribution >= 0.6 is 0 Å². The van der Waals surface area contributed by atoms with Gasteiger partial charge < -0.3 is 10.2 Å². The molecule has 0 radical (unpaired) electrons. The lowest BCUT2D eigenvalue weighted by Crippen LogP contribution is -2.41. The Balaban J connectivity index is 2.27. The lowest BCUT2D eigenvalue weighted by Gasteiger charge is -2.23. The van der Waals surface area contributed by atoms with E-state index in [0.717, 1.165) is 6.42 Å². The second kappa shape index (κ2) is 10.8. The molecule has 0 saturated heterocycles. The van der Waals surface area contributed by atoms with Crippen LogP contribution in [0.1, 0.15) is 37.0 Å². The van der Waals surface area contributed by atoms with Gasteiger partial charge in [0.1, 0.15) is 0 Å². The van der Waals surface area contributed by atoms with E-state index in [2.05, 4.69) is 5.32 Å². The summed E-state index contributed by atoms with van der Waals surface area (Å²) in [6, 6.07) is 14.7. The number of nitrogens with one attached hydrogen (secondary N) is 1. The first-order valence-corrected chi connectivity index (χ1v) is 11.4. The van der Waals surface area contributed by atoms with Crippen molar-refractivity contribution in [2.45, 2.75) is 31.6 Å². The molecule has 0 aromatic heterocycles. The molecule has 0 fully saturated rings. The highest BCUT2D eigenvalue weighted by atomic mass is 32.2. The normalized spacial score (nSPS) is 11.0. The predicted molar refractivity (Wildman–Crippen MR) is 118 cm³/mol. The lowest BCUT2D eigenvalue weighted by atomic mass is 10.2. The molecule has 30 heavy (non-hydrogen) atoms. The van der Waals surface area contributed by atoms with E-state index >= 15 is 0 Å². The Bertz CT molecular complexity index is 961. The van der Waals surface area contributed by atoms with Gasteiger partial charge in [0.15, 0.2) is 0 Å². The Morgan fingerprint density at radius 3 is 2.30 bits per heavy atom. The predicted octanol–water partition coefficient (Wildman–Crippen LogP) is 2.89. The topological polar surface area (TPSA) is 86.8 Å². The highest BCUT2D eigenvalue weighted by molar-refractivity contribution is 7.92. The molecule has 0 aliphatic carbocycles. The SMILES string of the molecule is CCCNC(=O)CN(CCC)C(=O)c1cccc(S(=O)(=O)N(C)c2ccccc2)c1. The van der Waals surface area contributed by atoms with Crippen molar-refractivity contribution in [2.24, 2.45) is 0 Å². The van der Waals surface area contributed by atoms with Crippen LogP contribution in [-0.2, 0) is 14.8 Å². The number of hydrogen-bond donors (Lipinski definition) is 1. The number of benzene rings is 2. The molecule has 0 saturated carbocycles. The summed E-state index contributed by atoms with van der Waals surface area (Å²) < 4.78 is 27.3. The van der Waals surface area contributed by atoms with E-state index in [0.29, 0.717) is 25.2 Å². The monoisotopic (exact) mass is 431 g/mol. The van der Waals surface area contributed by atoms with Crippen LogP contribution in [0.4, 0.5) is 5.69 Å². The molecule has 0 spiro atoms. The second-order valence-corrected chi connectivity index (χ2v) is 8.88. The van der Waals surface area contributed by atoms with Gasteiger partial charge >= 0.3 is 0 Å². The van der Waals surface area contributed by atoms with Crippen LogP contribution in [0.5, 0.6) is 0 Å². The maximum Gasteiger partial charge on any atom is 0.264 e. The fourth-order valence-corrected chi connectivity index (χ4v) is 4.16. The molecule has 0 unspecified atom stereocenters. The lowest BCUT2D eigenvalue weighted by molar-refractivity contribution is -0.121. The zero-order chi connectivity index (χ0) is 22.1.